The minimum absolute atomic E-state index is 0.147. The molecule has 0 radical (unpaired) electrons. The highest BCUT2D eigenvalue weighted by atomic mass is 79.9. The van der Waals surface area contributed by atoms with Crippen molar-refractivity contribution in [1.29, 1.82) is 0 Å². The summed E-state index contributed by atoms with van der Waals surface area (Å²) in [6, 6.07) is 13.4. The molecule has 1 saturated carbocycles. The van der Waals surface area contributed by atoms with Gasteiger partial charge in [0.05, 0.1) is 12.1 Å². The first-order valence-corrected chi connectivity index (χ1v) is 15.1. The third-order valence-corrected chi connectivity index (χ3v) is 8.65. The van der Waals surface area contributed by atoms with Gasteiger partial charge >= 0.3 is 0 Å². The zero-order chi connectivity index (χ0) is 24.9. The summed E-state index contributed by atoms with van der Waals surface area (Å²) in [5.74, 6) is 0. The largest absolute Gasteiger partial charge is 0.287 e. The van der Waals surface area contributed by atoms with E-state index in [-0.39, 0.29) is 21.6 Å². The van der Waals surface area contributed by atoms with Crippen molar-refractivity contribution in [3.05, 3.63) is 56.5 Å². The van der Waals surface area contributed by atoms with E-state index in [2.05, 4.69) is 122 Å². The molecule has 2 atom stereocenters. The van der Waals surface area contributed by atoms with Crippen LogP contribution in [0.4, 0.5) is 0 Å². The van der Waals surface area contributed by atoms with Crippen LogP contribution in [-0.2, 0) is 0 Å². The molecule has 34 heavy (non-hydrogen) atoms. The standard InChI is InChI=1S/C28H36Br2N2S2/c1-27(2,3)33-25-15-21(29)13-11-19(25)17-31-23-9-7-8-10-24(23)32-18-20-12-14-22(30)16-26(20)34-28(4,5)6/h11-18,23-24H,7-10H2,1-6H3/t23-,24-/m1/s1. The molecule has 0 bridgehead atoms. The number of rotatable bonds is 6. The number of aliphatic imine (C=N–C) groups is 2. The molecule has 0 saturated heterocycles. The quantitative estimate of drug-likeness (QED) is 0.236. The highest BCUT2D eigenvalue weighted by Crippen LogP contribution is 2.37. The lowest BCUT2D eigenvalue weighted by atomic mass is 9.91. The van der Waals surface area contributed by atoms with Crippen LogP contribution in [0.5, 0.6) is 0 Å². The first-order chi connectivity index (χ1) is 15.9. The van der Waals surface area contributed by atoms with Crippen molar-refractivity contribution in [2.75, 3.05) is 0 Å². The van der Waals surface area contributed by atoms with Crippen LogP contribution in [0.3, 0.4) is 0 Å². The van der Waals surface area contributed by atoms with Gasteiger partial charge < -0.3 is 0 Å². The smallest absolute Gasteiger partial charge is 0.0723 e. The maximum absolute atomic E-state index is 5.08. The van der Waals surface area contributed by atoms with Gasteiger partial charge in [-0.25, -0.2) is 0 Å². The Morgan fingerprint density at radius 1 is 0.706 bits per heavy atom. The van der Waals surface area contributed by atoms with E-state index >= 15 is 0 Å². The van der Waals surface area contributed by atoms with Crippen molar-refractivity contribution < 1.29 is 0 Å². The Bertz CT molecular complexity index is 952. The molecular formula is C28H36Br2N2S2. The average molecular weight is 625 g/mol. The predicted molar refractivity (Wildman–Crippen MR) is 161 cm³/mol. The zero-order valence-electron chi connectivity index (χ0n) is 21.1. The number of nitrogens with zero attached hydrogens (tertiary/aromatic N) is 2. The molecule has 1 aliphatic rings. The molecule has 0 amide bonds. The minimum atomic E-state index is 0.147. The summed E-state index contributed by atoms with van der Waals surface area (Å²) in [6.45, 7) is 13.5. The number of thioether (sulfide) groups is 2. The summed E-state index contributed by atoms with van der Waals surface area (Å²) in [6.07, 6.45) is 8.81. The molecule has 3 rings (SSSR count). The molecule has 1 aliphatic carbocycles. The zero-order valence-corrected chi connectivity index (χ0v) is 25.9. The van der Waals surface area contributed by atoms with Crippen LogP contribution < -0.4 is 0 Å². The van der Waals surface area contributed by atoms with Gasteiger partial charge in [-0.15, -0.1) is 23.5 Å². The highest BCUT2D eigenvalue weighted by molar-refractivity contribution is 9.10. The van der Waals surface area contributed by atoms with Gasteiger partial charge in [-0.3, -0.25) is 9.98 Å². The fourth-order valence-electron chi connectivity index (χ4n) is 3.86. The number of hydrogen-bond acceptors (Lipinski definition) is 4. The van der Waals surface area contributed by atoms with Gasteiger partial charge in [0.1, 0.15) is 0 Å². The van der Waals surface area contributed by atoms with Crippen LogP contribution >= 0.6 is 55.4 Å². The lowest BCUT2D eigenvalue weighted by molar-refractivity contribution is 0.390. The topological polar surface area (TPSA) is 24.7 Å². The van der Waals surface area contributed by atoms with E-state index in [9.17, 15) is 0 Å². The molecular weight excluding hydrogens is 588 g/mol. The van der Waals surface area contributed by atoms with Gasteiger partial charge in [-0.05, 0) is 37.1 Å². The molecule has 184 valence electrons. The fourth-order valence-corrected chi connectivity index (χ4v) is 7.05. The minimum Gasteiger partial charge on any atom is -0.287 e. The van der Waals surface area contributed by atoms with Crippen molar-refractivity contribution >= 4 is 67.8 Å². The lowest BCUT2D eigenvalue weighted by Gasteiger charge is -2.26. The maximum Gasteiger partial charge on any atom is 0.0723 e. The summed E-state index contributed by atoms with van der Waals surface area (Å²) >= 11 is 11.0. The second kappa shape index (κ2) is 12.1. The summed E-state index contributed by atoms with van der Waals surface area (Å²) in [5.41, 5.74) is 2.38. The van der Waals surface area contributed by atoms with Gasteiger partial charge in [-0.1, -0.05) is 98.4 Å². The SMILES string of the molecule is CC(C)(C)Sc1cc(Br)ccc1C=N[C@@H]1CCCC[C@H]1N=Cc1ccc(Br)cc1SC(C)(C)C. The third kappa shape index (κ3) is 9.15. The van der Waals surface area contributed by atoms with E-state index in [1.54, 1.807) is 0 Å². The van der Waals surface area contributed by atoms with Crippen LogP contribution in [-0.4, -0.2) is 34.0 Å². The molecule has 2 nitrogen and oxygen atoms in total. The Balaban J connectivity index is 1.82. The number of hydrogen-bond donors (Lipinski definition) is 0. The van der Waals surface area contributed by atoms with E-state index in [1.165, 1.54) is 33.8 Å². The average Bonchev–Trinajstić information content (AvgIpc) is 2.71. The Hall–Kier alpha value is -0.560. The van der Waals surface area contributed by atoms with E-state index in [1.807, 2.05) is 23.5 Å². The molecule has 0 spiro atoms. The summed E-state index contributed by atoms with van der Waals surface area (Å²) in [5, 5.41) is 0. The van der Waals surface area contributed by atoms with Gasteiger partial charge in [0, 0.05) is 51.8 Å². The first-order valence-electron chi connectivity index (χ1n) is 11.9. The Labute approximate surface area is 231 Å². The molecule has 1 fully saturated rings. The van der Waals surface area contributed by atoms with Crippen LogP contribution in [0.1, 0.15) is 78.4 Å². The lowest BCUT2D eigenvalue weighted by Crippen LogP contribution is -2.27. The molecule has 0 aromatic heterocycles. The normalized spacial score (nSPS) is 19.9. The van der Waals surface area contributed by atoms with Crippen LogP contribution in [0.2, 0.25) is 0 Å². The fraction of sp³-hybridized carbons (Fsp3) is 0.500. The van der Waals surface area contributed by atoms with Crippen molar-refractivity contribution in [2.24, 2.45) is 9.98 Å². The molecule has 0 unspecified atom stereocenters. The first kappa shape index (κ1) is 28.0. The Morgan fingerprint density at radius 3 is 1.44 bits per heavy atom. The van der Waals surface area contributed by atoms with Crippen molar-refractivity contribution in [3.63, 3.8) is 0 Å². The molecule has 0 aliphatic heterocycles. The van der Waals surface area contributed by atoms with E-state index in [4.69, 9.17) is 9.98 Å². The highest BCUT2D eigenvalue weighted by Gasteiger charge is 2.24. The molecule has 0 heterocycles. The van der Waals surface area contributed by atoms with Gasteiger partial charge in [0.25, 0.3) is 0 Å². The van der Waals surface area contributed by atoms with E-state index in [0.29, 0.717) is 0 Å². The number of halogens is 2. The van der Waals surface area contributed by atoms with Gasteiger partial charge in [0.2, 0.25) is 0 Å². The monoisotopic (exact) mass is 622 g/mol. The number of benzene rings is 2. The van der Waals surface area contributed by atoms with Crippen LogP contribution in [0.15, 0.2) is 65.1 Å². The summed E-state index contributed by atoms with van der Waals surface area (Å²) < 4.78 is 2.51. The second-order valence-electron chi connectivity index (χ2n) is 10.8. The van der Waals surface area contributed by atoms with E-state index < -0.39 is 0 Å². The second-order valence-corrected chi connectivity index (χ2v) is 16.3. The summed E-state index contributed by atoms with van der Waals surface area (Å²) in [7, 11) is 0. The summed E-state index contributed by atoms with van der Waals surface area (Å²) in [4.78, 5) is 12.7. The van der Waals surface area contributed by atoms with Gasteiger partial charge in [0.15, 0.2) is 0 Å². The van der Waals surface area contributed by atoms with Crippen LogP contribution in [0.25, 0.3) is 0 Å². The Kier molecular flexibility index (Phi) is 9.99. The predicted octanol–water partition coefficient (Wildman–Crippen LogP) is 9.84. The third-order valence-electron chi connectivity index (χ3n) is 5.29. The molecule has 2 aromatic carbocycles. The Morgan fingerprint density at radius 2 is 1.09 bits per heavy atom. The van der Waals surface area contributed by atoms with Gasteiger partial charge in [-0.2, -0.15) is 0 Å². The van der Waals surface area contributed by atoms with Crippen molar-refractivity contribution in [3.8, 4) is 0 Å². The maximum atomic E-state index is 5.08. The van der Waals surface area contributed by atoms with E-state index in [0.717, 1.165) is 21.8 Å². The molecule has 6 heteroatoms. The van der Waals surface area contributed by atoms with Crippen molar-refractivity contribution in [1.82, 2.24) is 0 Å². The molecule has 0 N–H and O–H groups in total. The van der Waals surface area contributed by atoms with Crippen molar-refractivity contribution in [2.45, 2.75) is 98.6 Å². The molecule has 2 aromatic rings. The van der Waals surface area contributed by atoms with Crippen LogP contribution in [0, 0.1) is 0 Å².